The molecular formula is C14H24O4. The quantitative estimate of drug-likeness (QED) is 0.625. The largest absolute Gasteiger partial charge is 0.465 e. The number of ether oxygens (including phenoxy) is 2. The molecule has 4 heteroatoms. The van der Waals surface area contributed by atoms with Crippen LogP contribution in [0.25, 0.3) is 0 Å². The molecule has 1 heterocycles. The molecule has 1 rings (SSSR count). The van der Waals surface area contributed by atoms with Crippen LogP contribution in [0.1, 0.15) is 58.3 Å². The Morgan fingerprint density at radius 2 is 1.17 bits per heavy atom. The molecule has 0 bridgehead atoms. The van der Waals surface area contributed by atoms with Crippen molar-refractivity contribution in [3.8, 4) is 0 Å². The molecule has 0 spiro atoms. The van der Waals surface area contributed by atoms with E-state index in [2.05, 4.69) is 0 Å². The molecule has 0 aromatic heterocycles. The number of rotatable bonds is 0. The van der Waals surface area contributed by atoms with Crippen LogP contribution in [0.15, 0.2) is 0 Å². The van der Waals surface area contributed by atoms with E-state index in [4.69, 9.17) is 9.47 Å². The summed E-state index contributed by atoms with van der Waals surface area (Å²) in [6.45, 7) is 2.59. The number of carbonyl (C=O) groups is 2. The Bertz CT molecular complexity index is 237. The van der Waals surface area contributed by atoms with E-state index in [9.17, 15) is 9.59 Å². The number of carbonyl (C=O) groups excluding carboxylic acids is 2. The summed E-state index contributed by atoms with van der Waals surface area (Å²) in [6, 6.07) is 0. The van der Waals surface area contributed by atoms with Crippen molar-refractivity contribution in [3.63, 3.8) is 0 Å². The first-order chi connectivity index (χ1) is 8.68. The highest BCUT2D eigenvalue weighted by atomic mass is 16.5. The second-order valence-corrected chi connectivity index (χ2v) is 5.09. The molecule has 0 unspecified atom stereocenters. The minimum absolute atomic E-state index is 0.0722. The smallest absolute Gasteiger partial charge is 0.305 e. The fourth-order valence-corrected chi connectivity index (χ4v) is 1.91. The number of cyclic esters (lactones) is 2. The summed E-state index contributed by atoms with van der Waals surface area (Å²) in [5, 5.41) is 0. The lowest BCUT2D eigenvalue weighted by Gasteiger charge is -2.12. The molecule has 0 atom stereocenters. The molecular weight excluding hydrogens is 232 g/mol. The van der Waals surface area contributed by atoms with Gasteiger partial charge in [0.05, 0.1) is 13.2 Å². The fraction of sp³-hybridized carbons (Fsp3) is 0.857. The van der Waals surface area contributed by atoms with Crippen molar-refractivity contribution >= 4 is 11.9 Å². The number of hydrogen-bond acceptors (Lipinski definition) is 4. The fourth-order valence-electron chi connectivity index (χ4n) is 1.91. The van der Waals surface area contributed by atoms with E-state index in [1.54, 1.807) is 0 Å². The van der Waals surface area contributed by atoms with Gasteiger partial charge in [-0.25, -0.2) is 0 Å². The minimum Gasteiger partial charge on any atom is -0.465 e. The highest BCUT2D eigenvalue weighted by Gasteiger charge is 2.11. The van der Waals surface area contributed by atoms with Crippen LogP contribution in [0, 0.1) is 5.92 Å². The van der Waals surface area contributed by atoms with Crippen molar-refractivity contribution in [1.29, 1.82) is 0 Å². The Balaban J connectivity index is 2.34. The second kappa shape index (κ2) is 8.95. The van der Waals surface area contributed by atoms with Gasteiger partial charge in [0, 0.05) is 18.8 Å². The van der Waals surface area contributed by atoms with Crippen molar-refractivity contribution in [1.82, 2.24) is 0 Å². The molecule has 1 fully saturated rings. The molecule has 4 nitrogen and oxygen atoms in total. The second-order valence-electron chi connectivity index (χ2n) is 5.09. The van der Waals surface area contributed by atoms with Gasteiger partial charge in [0.15, 0.2) is 0 Å². The zero-order valence-electron chi connectivity index (χ0n) is 11.3. The van der Waals surface area contributed by atoms with Gasteiger partial charge in [0.2, 0.25) is 0 Å². The van der Waals surface area contributed by atoms with Crippen LogP contribution >= 0.6 is 0 Å². The van der Waals surface area contributed by atoms with Crippen molar-refractivity contribution in [2.75, 3.05) is 13.2 Å². The topological polar surface area (TPSA) is 52.6 Å². The molecule has 104 valence electrons. The lowest BCUT2D eigenvalue weighted by molar-refractivity contribution is -0.148. The average molecular weight is 256 g/mol. The van der Waals surface area contributed by atoms with Crippen LogP contribution in [0.3, 0.4) is 0 Å². The molecule has 0 aromatic carbocycles. The van der Waals surface area contributed by atoms with E-state index < -0.39 is 0 Å². The first-order valence-electron chi connectivity index (χ1n) is 6.99. The Morgan fingerprint density at radius 1 is 0.778 bits per heavy atom. The molecule has 0 N–H and O–H groups in total. The van der Waals surface area contributed by atoms with Crippen molar-refractivity contribution < 1.29 is 19.1 Å². The summed E-state index contributed by atoms with van der Waals surface area (Å²) in [7, 11) is 0. The van der Waals surface area contributed by atoms with Crippen molar-refractivity contribution in [3.05, 3.63) is 0 Å². The van der Waals surface area contributed by atoms with Crippen molar-refractivity contribution in [2.24, 2.45) is 5.92 Å². The molecule has 0 saturated carbocycles. The van der Waals surface area contributed by atoms with Gasteiger partial charge in [-0.2, -0.15) is 0 Å². The highest BCUT2D eigenvalue weighted by molar-refractivity contribution is 5.69. The van der Waals surface area contributed by atoms with Gasteiger partial charge in [-0.3, -0.25) is 9.59 Å². The Labute approximate surface area is 109 Å². The van der Waals surface area contributed by atoms with E-state index in [1.807, 2.05) is 6.92 Å². The zero-order valence-corrected chi connectivity index (χ0v) is 11.3. The van der Waals surface area contributed by atoms with E-state index in [1.165, 1.54) is 0 Å². The third-order valence-corrected chi connectivity index (χ3v) is 3.07. The SMILES string of the molecule is CC1COC(=O)CCCCCCCCC(=O)OC1. The Kier molecular flexibility index (Phi) is 7.46. The Hall–Kier alpha value is -1.06. The monoisotopic (exact) mass is 256 g/mol. The lowest BCUT2D eigenvalue weighted by Crippen LogP contribution is -2.18. The normalized spacial score (nSPS) is 22.5. The average Bonchev–Trinajstić information content (AvgIpc) is 2.36. The molecule has 18 heavy (non-hydrogen) atoms. The summed E-state index contributed by atoms with van der Waals surface area (Å²) >= 11 is 0. The minimum atomic E-state index is -0.136. The molecule has 1 aliphatic heterocycles. The van der Waals surface area contributed by atoms with Gasteiger partial charge in [0.1, 0.15) is 0 Å². The van der Waals surface area contributed by atoms with Crippen LogP contribution in [-0.2, 0) is 19.1 Å². The van der Waals surface area contributed by atoms with Gasteiger partial charge in [-0.1, -0.05) is 32.6 Å². The summed E-state index contributed by atoms with van der Waals surface area (Å²) in [4.78, 5) is 22.8. The van der Waals surface area contributed by atoms with Crippen molar-refractivity contribution in [2.45, 2.75) is 58.3 Å². The molecule has 0 aliphatic carbocycles. The lowest BCUT2D eigenvalue weighted by atomic mass is 10.1. The van der Waals surface area contributed by atoms with E-state index in [0.29, 0.717) is 26.1 Å². The van der Waals surface area contributed by atoms with E-state index >= 15 is 0 Å². The van der Waals surface area contributed by atoms with E-state index in [-0.39, 0.29) is 17.9 Å². The molecule has 0 amide bonds. The van der Waals surface area contributed by atoms with Gasteiger partial charge < -0.3 is 9.47 Å². The van der Waals surface area contributed by atoms with Crippen LogP contribution in [-0.4, -0.2) is 25.2 Å². The van der Waals surface area contributed by atoms with Crippen LogP contribution in [0.5, 0.6) is 0 Å². The summed E-state index contributed by atoms with van der Waals surface area (Å²) in [5.41, 5.74) is 0. The number of hydrogen-bond donors (Lipinski definition) is 0. The summed E-state index contributed by atoms with van der Waals surface area (Å²) in [5.74, 6) is -0.200. The summed E-state index contributed by atoms with van der Waals surface area (Å²) < 4.78 is 10.3. The first-order valence-corrected chi connectivity index (χ1v) is 6.99. The van der Waals surface area contributed by atoms with E-state index in [0.717, 1.165) is 38.5 Å². The number of esters is 2. The molecule has 0 radical (unpaired) electrons. The van der Waals surface area contributed by atoms with Crippen LogP contribution in [0.2, 0.25) is 0 Å². The maximum absolute atomic E-state index is 11.4. The first kappa shape index (κ1) is 15.0. The van der Waals surface area contributed by atoms with Gasteiger partial charge in [-0.05, 0) is 12.8 Å². The van der Waals surface area contributed by atoms with Crippen LogP contribution in [0.4, 0.5) is 0 Å². The third-order valence-electron chi connectivity index (χ3n) is 3.07. The molecule has 1 aliphatic rings. The maximum atomic E-state index is 11.4. The molecule has 0 aromatic rings. The highest BCUT2D eigenvalue weighted by Crippen LogP contribution is 2.11. The summed E-state index contributed by atoms with van der Waals surface area (Å²) in [6.07, 6.45) is 7.20. The zero-order chi connectivity index (χ0) is 13.2. The maximum Gasteiger partial charge on any atom is 0.305 e. The Morgan fingerprint density at radius 3 is 1.61 bits per heavy atom. The standard InChI is InChI=1S/C14H24O4/c1-12-10-17-13(15)8-6-4-2-3-5-7-9-14(16)18-11-12/h12H,2-11H2,1H3. The van der Waals surface area contributed by atoms with Gasteiger partial charge >= 0.3 is 11.9 Å². The van der Waals surface area contributed by atoms with Crippen LogP contribution < -0.4 is 0 Å². The predicted octanol–water partition coefficient (Wildman–Crippen LogP) is 2.84. The molecule has 1 saturated heterocycles. The van der Waals surface area contributed by atoms with Gasteiger partial charge in [0.25, 0.3) is 0 Å². The van der Waals surface area contributed by atoms with Gasteiger partial charge in [-0.15, -0.1) is 0 Å². The third kappa shape index (κ3) is 7.30. The predicted molar refractivity (Wildman–Crippen MR) is 68.0 cm³/mol.